The number of hydrogen-bond donors (Lipinski definition) is 3. The normalized spacial score (nSPS) is 12.3. The van der Waals surface area contributed by atoms with Crippen molar-refractivity contribution in [2.75, 3.05) is 46.2 Å². The second kappa shape index (κ2) is 34.0. The van der Waals surface area contributed by atoms with Gasteiger partial charge in [-0.1, -0.05) is 108 Å². The van der Waals surface area contributed by atoms with Crippen molar-refractivity contribution < 1.29 is 79.7 Å². The smallest absolute Gasteiger partial charge is 0.416 e. The fourth-order valence-electron chi connectivity index (χ4n) is 6.95. The third kappa shape index (κ3) is 24.5. The molecule has 19 heteroatoms. The zero-order valence-electron chi connectivity index (χ0n) is 43.7. The Morgan fingerprint density at radius 3 is 1.51 bits per heavy atom. The van der Waals surface area contributed by atoms with Crippen molar-refractivity contribution in [2.24, 2.45) is 0 Å². The number of carboxylic acid groups (broad SMARTS) is 3. The number of aryl methyl sites for hydroxylation is 3. The lowest BCUT2D eigenvalue weighted by Gasteiger charge is -2.15. The Kier molecular flexibility index (Phi) is 27.6. The maximum absolute atomic E-state index is 12.7. The minimum atomic E-state index is -4.45. The molecular weight excluding hydrogens is 1050 g/mol. The van der Waals surface area contributed by atoms with Gasteiger partial charge in [-0.15, -0.1) is 11.8 Å². The minimum Gasteiger partial charge on any atom is -0.494 e. The van der Waals surface area contributed by atoms with Crippen LogP contribution in [0.25, 0.3) is 0 Å². The molecule has 6 aromatic carbocycles. The van der Waals surface area contributed by atoms with Gasteiger partial charge in [0.25, 0.3) is 0 Å². The van der Waals surface area contributed by atoms with Crippen LogP contribution in [0.3, 0.4) is 0 Å². The van der Waals surface area contributed by atoms with Crippen molar-refractivity contribution in [1.82, 2.24) is 0 Å². The number of aliphatic carboxylic acids is 3. The monoisotopic (exact) mass is 1120 g/mol. The molecule has 3 unspecified atom stereocenters. The molecular formula is C59H67F3O14S2. The molecule has 78 heavy (non-hydrogen) atoms. The van der Waals surface area contributed by atoms with E-state index in [1.807, 2.05) is 111 Å². The number of halogens is 3. The zero-order valence-corrected chi connectivity index (χ0v) is 45.4. The summed E-state index contributed by atoms with van der Waals surface area (Å²) in [4.78, 5) is 35.1. The summed E-state index contributed by atoms with van der Waals surface area (Å²) in [6.45, 7) is 8.30. The molecule has 0 aromatic heterocycles. The molecule has 420 valence electrons. The molecule has 0 heterocycles. The average Bonchev–Trinajstić information content (AvgIpc) is 3.43. The van der Waals surface area contributed by atoms with Gasteiger partial charge in [0.1, 0.15) is 41.5 Å². The number of alkyl halides is 3. The summed E-state index contributed by atoms with van der Waals surface area (Å²) in [6.07, 6.45) is -3.45. The predicted octanol–water partition coefficient (Wildman–Crippen LogP) is 12.2. The second-order valence-electron chi connectivity index (χ2n) is 17.5. The number of hydrogen-bond acceptors (Lipinski definition) is 12. The quantitative estimate of drug-likeness (QED) is 0.0284. The van der Waals surface area contributed by atoms with Gasteiger partial charge in [-0.2, -0.15) is 13.2 Å². The minimum absolute atomic E-state index is 0.0339. The van der Waals surface area contributed by atoms with Gasteiger partial charge >= 0.3 is 24.1 Å². The number of thioether (sulfide) groups is 1. The van der Waals surface area contributed by atoms with Crippen LogP contribution in [-0.4, -0.2) is 104 Å². The fourth-order valence-corrected chi connectivity index (χ4v) is 9.47. The Morgan fingerprint density at radius 2 is 1.00 bits per heavy atom. The van der Waals surface area contributed by atoms with Crippen molar-refractivity contribution in [3.8, 4) is 23.0 Å². The van der Waals surface area contributed by atoms with Crippen LogP contribution in [0.4, 0.5) is 13.2 Å². The summed E-state index contributed by atoms with van der Waals surface area (Å²) in [7, 11) is -4.01. The molecule has 0 aliphatic carbocycles. The predicted molar refractivity (Wildman–Crippen MR) is 292 cm³/mol. The van der Waals surface area contributed by atoms with Crippen molar-refractivity contribution in [1.29, 1.82) is 0 Å². The van der Waals surface area contributed by atoms with E-state index in [-0.39, 0.29) is 30.1 Å². The highest BCUT2D eigenvalue weighted by Gasteiger charge is 2.34. The molecule has 0 bridgehead atoms. The van der Waals surface area contributed by atoms with Gasteiger partial charge in [0.15, 0.2) is 21.2 Å². The van der Waals surface area contributed by atoms with Crippen LogP contribution >= 0.6 is 11.8 Å². The Morgan fingerprint density at radius 1 is 0.500 bits per heavy atom. The number of ether oxygens (including phenoxy) is 6. The van der Waals surface area contributed by atoms with E-state index in [0.717, 1.165) is 45.2 Å². The highest BCUT2D eigenvalue weighted by molar-refractivity contribution is 8.00. The second-order valence-corrected chi connectivity index (χ2v) is 21.0. The van der Waals surface area contributed by atoms with Crippen LogP contribution in [0.5, 0.6) is 23.0 Å². The third-order valence-electron chi connectivity index (χ3n) is 11.2. The summed E-state index contributed by atoms with van der Waals surface area (Å²) in [5.74, 6) is -0.998. The van der Waals surface area contributed by atoms with E-state index >= 15 is 0 Å². The largest absolute Gasteiger partial charge is 0.494 e. The van der Waals surface area contributed by atoms with Crippen LogP contribution in [0.2, 0.25) is 0 Å². The van der Waals surface area contributed by atoms with Crippen LogP contribution in [0.1, 0.15) is 60.8 Å². The molecule has 6 rings (SSSR count). The van der Waals surface area contributed by atoms with E-state index in [4.69, 9.17) is 28.4 Å². The molecule has 3 N–H and O–H groups in total. The van der Waals surface area contributed by atoms with Crippen molar-refractivity contribution in [3.05, 3.63) is 180 Å². The summed E-state index contributed by atoms with van der Waals surface area (Å²) in [5.41, 5.74) is 2.32. The Balaban J connectivity index is 0.000000255. The van der Waals surface area contributed by atoms with Crippen LogP contribution in [-0.2, 0) is 39.9 Å². The number of unbranched alkanes of at least 4 members (excludes halogenated alkanes) is 2. The third-order valence-corrected chi connectivity index (χ3v) is 14.6. The first-order chi connectivity index (χ1) is 37.3. The number of benzene rings is 6. The lowest BCUT2D eigenvalue weighted by atomic mass is 10.1. The van der Waals surface area contributed by atoms with Crippen LogP contribution in [0.15, 0.2) is 168 Å². The first-order valence-corrected chi connectivity index (χ1v) is 27.5. The molecule has 0 saturated carbocycles. The van der Waals surface area contributed by atoms with E-state index in [1.54, 1.807) is 31.2 Å². The first-order valence-electron chi connectivity index (χ1n) is 25.1. The van der Waals surface area contributed by atoms with Gasteiger partial charge in [0.05, 0.1) is 36.9 Å². The summed E-state index contributed by atoms with van der Waals surface area (Å²) >= 11 is 1.36. The molecule has 14 nitrogen and oxygen atoms in total. The molecule has 0 aliphatic rings. The summed E-state index contributed by atoms with van der Waals surface area (Å²) in [5, 5.41) is 25.9. The topological polar surface area (TPSA) is 201 Å². The highest BCUT2D eigenvalue weighted by Crippen LogP contribution is 2.32. The number of sulfone groups is 1. The SMILES string of the molecule is Cc1ccc(OC(CCOCCOc2ccccc2)C(=O)O)cc1.Cc1ccc(S(=O)(=O)C(CCCCCOc2cccc(C(F)(F)F)c2)C(=O)O)cc1.Cc1ccc(SC(CCOCCOc2ccccc2)C(=O)O)cc1. The summed E-state index contributed by atoms with van der Waals surface area (Å²) in [6, 6.07) is 44.7. The van der Waals surface area contributed by atoms with Gasteiger partial charge < -0.3 is 43.7 Å². The highest BCUT2D eigenvalue weighted by atomic mass is 32.2. The van der Waals surface area contributed by atoms with Gasteiger partial charge in [-0.25, -0.2) is 13.2 Å². The van der Waals surface area contributed by atoms with Crippen molar-refractivity contribution in [2.45, 2.75) is 91.9 Å². The van der Waals surface area contributed by atoms with E-state index in [1.165, 1.54) is 36.0 Å². The Bertz CT molecular complexity index is 2670. The fraction of sp³-hybridized carbons (Fsp3) is 0.339. The molecule has 3 atom stereocenters. The Hall–Kier alpha value is -7.06. The zero-order chi connectivity index (χ0) is 56.8. The number of rotatable bonds is 30. The van der Waals surface area contributed by atoms with Crippen molar-refractivity contribution >= 4 is 39.5 Å². The molecule has 6 aromatic rings. The summed E-state index contributed by atoms with van der Waals surface area (Å²) < 4.78 is 96.0. The number of para-hydroxylation sites is 2. The molecule has 0 saturated heterocycles. The maximum Gasteiger partial charge on any atom is 0.416 e. The van der Waals surface area contributed by atoms with E-state index in [2.05, 4.69) is 0 Å². The van der Waals surface area contributed by atoms with Gasteiger partial charge in [-0.05, 0) is 119 Å². The maximum atomic E-state index is 12.7. The molecule has 0 spiro atoms. The Labute approximate surface area is 458 Å². The van der Waals surface area contributed by atoms with Gasteiger partial charge in [0.2, 0.25) is 0 Å². The molecule has 0 radical (unpaired) electrons. The van der Waals surface area contributed by atoms with Crippen LogP contribution < -0.4 is 18.9 Å². The van der Waals surface area contributed by atoms with Crippen LogP contribution in [0, 0.1) is 20.8 Å². The van der Waals surface area contributed by atoms with E-state index in [0.29, 0.717) is 71.1 Å². The average molecular weight is 1120 g/mol. The molecule has 0 fully saturated rings. The van der Waals surface area contributed by atoms with Gasteiger partial charge in [-0.3, -0.25) is 9.59 Å². The van der Waals surface area contributed by atoms with E-state index in [9.17, 15) is 51.3 Å². The lowest BCUT2D eigenvalue weighted by Crippen LogP contribution is -2.30. The lowest BCUT2D eigenvalue weighted by molar-refractivity contribution is -0.146. The van der Waals surface area contributed by atoms with Gasteiger partial charge in [0, 0.05) is 17.9 Å². The standard InChI is InChI=1S/C21H23F3O5S.C19H22O5.C19H22O4S/c1-15-9-11-18(12-10-15)30(27,28)19(20(25)26)8-3-2-4-13-29-17-7-5-6-16(14-17)21(22,23)24;2*1-15-7-9-17(10-8-15)24-18(19(20)21)11-12-22-13-14-23-16-5-3-2-4-6-16/h5-7,9-12,14,19H,2-4,8,13H2,1H3,(H,25,26);2*2-10,18H,11-14H2,1H3,(H,20,21). The molecule has 0 aliphatic heterocycles. The van der Waals surface area contributed by atoms with Crippen molar-refractivity contribution in [3.63, 3.8) is 0 Å². The first kappa shape index (κ1) is 63.5. The number of carbonyl (C=O) groups is 3. The number of carboxylic acids is 3. The van der Waals surface area contributed by atoms with E-state index < -0.39 is 56.1 Å². The molecule has 0 amide bonds.